The number of ether oxygens (including phenoxy) is 2. The molecule has 0 aliphatic carbocycles. The molecular weight excluding hydrogens is 482 g/mol. The monoisotopic (exact) mass is 531 g/mol. The van der Waals surface area contributed by atoms with Crippen molar-refractivity contribution in [1.29, 1.82) is 0 Å². The molecule has 0 bridgehead atoms. The Bertz CT molecular complexity index is 1020. The van der Waals surface area contributed by atoms with E-state index in [1.165, 1.54) is 77.0 Å². The Kier molecular flexibility index (Phi) is 15.0. The molecule has 39 heavy (non-hydrogen) atoms. The van der Waals surface area contributed by atoms with Crippen LogP contribution in [0.1, 0.15) is 103 Å². The van der Waals surface area contributed by atoms with E-state index in [1.807, 2.05) is 60.7 Å². The minimum absolute atomic E-state index is 0.754. The van der Waals surface area contributed by atoms with Gasteiger partial charge in [0.2, 0.25) is 0 Å². The fourth-order valence-corrected chi connectivity index (χ4v) is 4.70. The summed E-state index contributed by atoms with van der Waals surface area (Å²) in [7, 11) is 0. The molecule has 2 aromatic carbocycles. The van der Waals surface area contributed by atoms with Gasteiger partial charge in [-0.3, -0.25) is 0 Å². The third kappa shape index (κ3) is 12.1. The summed E-state index contributed by atoms with van der Waals surface area (Å²) in [6.45, 7) is 7.58. The Balaban J connectivity index is 1.33. The summed E-state index contributed by atoms with van der Waals surface area (Å²) >= 11 is 0. The third-order valence-corrected chi connectivity index (χ3v) is 7.14. The molecule has 3 aromatic rings. The van der Waals surface area contributed by atoms with Crippen LogP contribution in [0.5, 0.6) is 11.5 Å². The molecule has 0 radical (unpaired) electrons. The molecule has 0 amide bonds. The van der Waals surface area contributed by atoms with Crippen LogP contribution in [0.15, 0.2) is 71.8 Å². The molecule has 0 spiro atoms. The number of hydrogen-bond donors (Lipinski definition) is 0. The first-order chi connectivity index (χ1) is 19.3. The molecule has 4 nitrogen and oxygen atoms in total. The second kappa shape index (κ2) is 19.1. The minimum Gasteiger partial charge on any atom is -0.494 e. The van der Waals surface area contributed by atoms with Gasteiger partial charge in [0.25, 0.3) is 0 Å². The van der Waals surface area contributed by atoms with Crippen molar-refractivity contribution in [2.24, 2.45) is 0 Å². The van der Waals surface area contributed by atoms with Crippen molar-refractivity contribution < 1.29 is 14.0 Å². The topological polar surface area (TPSA) is 44.5 Å². The molecule has 0 fully saturated rings. The molecular formula is C35H49NO3. The first-order valence-electron chi connectivity index (χ1n) is 15.3. The van der Waals surface area contributed by atoms with Gasteiger partial charge in [-0.25, -0.2) is 0 Å². The number of nitrogens with zero attached hydrogens (tertiary/aromatic N) is 1. The van der Waals surface area contributed by atoms with E-state index in [9.17, 15) is 0 Å². The standard InChI is InChI=1S/C35H49NO3/c1-3-5-7-9-11-12-14-16-18-28-38-33-25-21-31(22-26-33)35-29-34(36-39-35)30-19-23-32(24-20-30)37-27-17-15-13-10-8-6-4-2/h3,19-26,29H,1,4-18,27-28H2,2H3. The highest BCUT2D eigenvalue weighted by molar-refractivity contribution is 5.67. The summed E-state index contributed by atoms with van der Waals surface area (Å²) in [4.78, 5) is 0. The van der Waals surface area contributed by atoms with Crippen LogP contribution in [-0.2, 0) is 0 Å². The minimum atomic E-state index is 0.754. The lowest BCUT2D eigenvalue weighted by Crippen LogP contribution is -1.97. The quantitative estimate of drug-likeness (QED) is 0.0955. The van der Waals surface area contributed by atoms with Gasteiger partial charge in [-0.05, 0) is 74.2 Å². The fourth-order valence-electron chi connectivity index (χ4n) is 4.70. The maximum Gasteiger partial charge on any atom is 0.167 e. The van der Waals surface area contributed by atoms with Crippen LogP contribution in [0.2, 0.25) is 0 Å². The number of benzene rings is 2. The molecule has 3 rings (SSSR count). The molecule has 4 heteroatoms. The van der Waals surface area contributed by atoms with Crippen molar-refractivity contribution in [2.45, 2.75) is 103 Å². The van der Waals surface area contributed by atoms with Crippen molar-refractivity contribution in [2.75, 3.05) is 13.2 Å². The second-order valence-corrected chi connectivity index (χ2v) is 10.5. The van der Waals surface area contributed by atoms with E-state index >= 15 is 0 Å². The van der Waals surface area contributed by atoms with Gasteiger partial charge in [-0.2, -0.15) is 0 Å². The third-order valence-electron chi connectivity index (χ3n) is 7.14. The van der Waals surface area contributed by atoms with Gasteiger partial charge in [0.1, 0.15) is 17.2 Å². The molecule has 0 saturated carbocycles. The summed E-state index contributed by atoms with van der Waals surface area (Å²) in [6, 6.07) is 18.2. The largest absolute Gasteiger partial charge is 0.494 e. The van der Waals surface area contributed by atoms with E-state index in [4.69, 9.17) is 14.0 Å². The van der Waals surface area contributed by atoms with Crippen molar-refractivity contribution in [1.82, 2.24) is 5.16 Å². The lowest BCUT2D eigenvalue weighted by Gasteiger charge is -2.07. The zero-order chi connectivity index (χ0) is 27.4. The summed E-state index contributed by atoms with van der Waals surface area (Å²) in [5, 5.41) is 4.29. The molecule has 1 heterocycles. The lowest BCUT2D eigenvalue weighted by molar-refractivity contribution is 0.304. The van der Waals surface area contributed by atoms with Crippen LogP contribution >= 0.6 is 0 Å². The van der Waals surface area contributed by atoms with E-state index < -0.39 is 0 Å². The van der Waals surface area contributed by atoms with Crippen LogP contribution in [0.4, 0.5) is 0 Å². The normalized spacial score (nSPS) is 11.0. The van der Waals surface area contributed by atoms with Gasteiger partial charge < -0.3 is 14.0 Å². The van der Waals surface area contributed by atoms with Crippen LogP contribution in [0.25, 0.3) is 22.6 Å². The summed E-state index contributed by atoms with van der Waals surface area (Å²) in [6.07, 6.45) is 21.1. The average molecular weight is 532 g/mol. The van der Waals surface area contributed by atoms with Crippen molar-refractivity contribution in [3.05, 3.63) is 67.3 Å². The number of unbranched alkanes of at least 4 members (excludes halogenated alkanes) is 13. The molecule has 0 saturated heterocycles. The highest BCUT2D eigenvalue weighted by atomic mass is 16.5. The Labute approximate surface area is 236 Å². The van der Waals surface area contributed by atoms with Crippen LogP contribution < -0.4 is 9.47 Å². The first-order valence-corrected chi connectivity index (χ1v) is 15.3. The molecule has 0 unspecified atom stereocenters. The van der Waals surface area contributed by atoms with Crippen molar-refractivity contribution >= 4 is 0 Å². The summed E-state index contributed by atoms with van der Waals surface area (Å²) in [5.41, 5.74) is 2.84. The van der Waals surface area contributed by atoms with Crippen LogP contribution in [0.3, 0.4) is 0 Å². The highest BCUT2D eigenvalue weighted by Crippen LogP contribution is 2.28. The molecule has 1 aromatic heterocycles. The first kappa shape index (κ1) is 30.5. The van der Waals surface area contributed by atoms with E-state index in [0.717, 1.165) is 66.6 Å². The highest BCUT2D eigenvalue weighted by Gasteiger charge is 2.09. The fraction of sp³-hybridized carbons (Fsp3) is 0.514. The summed E-state index contributed by atoms with van der Waals surface area (Å²) < 4.78 is 17.5. The smallest absolute Gasteiger partial charge is 0.167 e. The van der Waals surface area contributed by atoms with E-state index in [2.05, 4.69) is 18.7 Å². The van der Waals surface area contributed by atoms with Gasteiger partial charge >= 0.3 is 0 Å². The Morgan fingerprint density at radius 3 is 1.67 bits per heavy atom. The lowest BCUT2D eigenvalue weighted by atomic mass is 10.1. The molecule has 0 N–H and O–H groups in total. The SMILES string of the molecule is C=CCCCCCCCCCOc1ccc(-c2cc(-c3ccc(OCCCCCCCCC)cc3)no2)cc1. The number of hydrogen-bond acceptors (Lipinski definition) is 4. The van der Waals surface area contributed by atoms with Gasteiger partial charge in [-0.1, -0.05) is 88.8 Å². The Morgan fingerprint density at radius 2 is 1.13 bits per heavy atom. The molecule has 0 atom stereocenters. The predicted molar refractivity (Wildman–Crippen MR) is 163 cm³/mol. The number of aromatic nitrogens is 1. The van der Waals surface area contributed by atoms with Gasteiger partial charge in [0, 0.05) is 17.2 Å². The molecule has 212 valence electrons. The van der Waals surface area contributed by atoms with Gasteiger partial charge in [0.15, 0.2) is 5.76 Å². The van der Waals surface area contributed by atoms with E-state index in [0.29, 0.717) is 0 Å². The maximum absolute atomic E-state index is 5.93. The van der Waals surface area contributed by atoms with Crippen molar-refractivity contribution in [3.8, 4) is 34.1 Å². The second-order valence-electron chi connectivity index (χ2n) is 10.5. The van der Waals surface area contributed by atoms with E-state index in [1.54, 1.807) is 0 Å². The average Bonchev–Trinajstić information content (AvgIpc) is 3.46. The van der Waals surface area contributed by atoms with E-state index in [-0.39, 0.29) is 0 Å². The Morgan fingerprint density at radius 1 is 0.641 bits per heavy atom. The van der Waals surface area contributed by atoms with Gasteiger partial charge in [0.05, 0.1) is 13.2 Å². The molecule has 0 aliphatic heterocycles. The zero-order valence-electron chi connectivity index (χ0n) is 24.2. The number of allylic oxidation sites excluding steroid dienone is 1. The Hall–Kier alpha value is -3.01. The van der Waals surface area contributed by atoms with Crippen LogP contribution in [-0.4, -0.2) is 18.4 Å². The number of rotatable bonds is 22. The summed E-state index contributed by atoms with van der Waals surface area (Å²) in [5.74, 6) is 2.56. The maximum atomic E-state index is 5.93. The van der Waals surface area contributed by atoms with Crippen molar-refractivity contribution in [3.63, 3.8) is 0 Å². The van der Waals surface area contributed by atoms with Crippen LogP contribution in [0, 0.1) is 0 Å². The van der Waals surface area contributed by atoms with Gasteiger partial charge in [-0.15, -0.1) is 6.58 Å². The molecule has 0 aliphatic rings. The zero-order valence-corrected chi connectivity index (χ0v) is 24.2. The predicted octanol–water partition coefficient (Wildman–Crippen LogP) is 10.8.